The van der Waals surface area contributed by atoms with Crippen LogP contribution >= 0.6 is 0 Å². The Kier molecular flexibility index (Phi) is 6.31. The highest BCUT2D eigenvalue weighted by Gasteiger charge is 2.27. The molecule has 2 N–H and O–H groups in total. The van der Waals surface area contributed by atoms with Crippen molar-refractivity contribution in [1.29, 1.82) is 0 Å². The Labute approximate surface area is 160 Å². The standard InChI is InChI=1S/C20H29FN4O2/c1-23(19(26)15-4-2-3-5-15)8-9-24-10-12-25(13-11-24)20(27)17-7-6-16(21)14-18(17)22/h6-7,14-15H,2-5,8-13,22H2,1H3. The highest BCUT2D eigenvalue weighted by Crippen LogP contribution is 2.26. The molecule has 2 amide bonds. The summed E-state index contributed by atoms with van der Waals surface area (Å²) < 4.78 is 13.2. The third-order valence-electron chi connectivity index (χ3n) is 5.74. The second-order valence-electron chi connectivity index (χ2n) is 7.61. The summed E-state index contributed by atoms with van der Waals surface area (Å²) in [5.74, 6) is -0.107. The Hall–Kier alpha value is -2.15. The number of carbonyl (C=O) groups excluding carboxylic acids is 2. The molecule has 0 bridgehead atoms. The van der Waals surface area contributed by atoms with E-state index in [0.717, 1.165) is 32.5 Å². The summed E-state index contributed by atoms with van der Waals surface area (Å²) >= 11 is 0. The zero-order valence-electron chi connectivity index (χ0n) is 16.0. The van der Waals surface area contributed by atoms with Gasteiger partial charge in [-0.1, -0.05) is 12.8 Å². The van der Waals surface area contributed by atoms with Crippen molar-refractivity contribution in [3.05, 3.63) is 29.6 Å². The lowest BCUT2D eigenvalue weighted by molar-refractivity contribution is -0.134. The first-order valence-corrected chi connectivity index (χ1v) is 9.77. The molecule has 1 aliphatic heterocycles. The van der Waals surface area contributed by atoms with Crippen molar-refractivity contribution in [3.8, 4) is 0 Å². The van der Waals surface area contributed by atoms with Crippen LogP contribution in [0.2, 0.25) is 0 Å². The molecule has 0 radical (unpaired) electrons. The smallest absolute Gasteiger partial charge is 0.256 e. The first-order valence-electron chi connectivity index (χ1n) is 9.77. The van der Waals surface area contributed by atoms with Crippen molar-refractivity contribution in [2.24, 2.45) is 5.92 Å². The number of amides is 2. The molecule has 148 valence electrons. The third-order valence-corrected chi connectivity index (χ3v) is 5.74. The Bertz CT molecular complexity index is 683. The van der Waals surface area contributed by atoms with Crippen LogP contribution in [-0.4, -0.2) is 72.8 Å². The van der Waals surface area contributed by atoms with Crippen LogP contribution in [0.25, 0.3) is 0 Å². The number of hydrogen-bond acceptors (Lipinski definition) is 4. The number of likely N-dealkylation sites (N-methyl/N-ethyl adjacent to an activating group) is 1. The van der Waals surface area contributed by atoms with Crippen LogP contribution in [0.15, 0.2) is 18.2 Å². The maximum Gasteiger partial charge on any atom is 0.256 e. The summed E-state index contributed by atoms with van der Waals surface area (Å²) in [6.45, 7) is 4.27. The van der Waals surface area contributed by atoms with Gasteiger partial charge < -0.3 is 15.5 Å². The minimum absolute atomic E-state index is 0.152. The van der Waals surface area contributed by atoms with Crippen molar-refractivity contribution in [3.63, 3.8) is 0 Å². The Morgan fingerprint density at radius 1 is 1.19 bits per heavy atom. The Morgan fingerprint density at radius 3 is 2.48 bits per heavy atom. The van der Waals surface area contributed by atoms with Crippen LogP contribution in [0, 0.1) is 11.7 Å². The van der Waals surface area contributed by atoms with E-state index in [4.69, 9.17) is 5.73 Å². The van der Waals surface area contributed by atoms with E-state index in [2.05, 4.69) is 4.90 Å². The number of carbonyl (C=O) groups is 2. The van der Waals surface area contributed by atoms with Gasteiger partial charge >= 0.3 is 0 Å². The molecule has 1 heterocycles. The van der Waals surface area contributed by atoms with Gasteiger partial charge in [0.1, 0.15) is 5.82 Å². The molecule has 6 nitrogen and oxygen atoms in total. The molecule has 0 spiro atoms. The quantitative estimate of drug-likeness (QED) is 0.796. The molecule has 0 unspecified atom stereocenters. The van der Waals surface area contributed by atoms with Gasteiger partial charge in [-0.05, 0) is 31.0 Å². The molecule has 7 heteroatoms. The third kappa shape index (κ3) is 4.77. The van der Waals surface area contributed by atoms with Gasteiger partial charge in [-0.2, -0.15) is 0 Å². The first kappa shape index (κ1) is 19.6. The lowest BCUT2D eigenvalue weighted by atomic mass is 10.1. The maximum atomic E-state index is 13.2. The maximum absolute atomic E-state index is 13.2. The van der Waals surface area contributed by atoms with Crippen LogP contribution in [0.4, 0.5) is 10.1 Å². The molecule has 2 aliphatic rings. The number of halogens is 1. The fourth-order valence-electron chi connectivity index (χ4n) is 3.96. The minimum Gasteiger partial charge on any atom is -0.398 e. The van der Waals surface area contributed by atoms with Crippen molar-refractivity contribution < 1.29 is 14.0 Å². The van der Waals surface area contributed by atoms with E-state index in [0.29, 0.717) is 25.2 Å². The summed E-state index contributed by atoms with van der Waals surface area (Å²) in [5, 5.41) is 0. The molecular formula is C20H29FN4O2. The fourth-order valence-corrected chi connectivity index (χ4v) is 3.96. The highest BCUT2D eigenvalue weighted by atomic mass is 19.1. The zero-order valence-corrected chi connectivity index (χ0v) is 16.0. The van der Waals surface area contributed by atoms with Gasteiger partial charge in [0.2, 0.25) is 5.91 Å². The van der Waals surface area contributed by atoms with E-state index in [9.17, 15) is 14.0 Å². The van der Waals surface area contributed by atoms with Crippen molar-refractivity contribution in [2.45, 2.75) is 25.7 Å². The number of hydrogen-bond donors (Lipinski definition) is 1. The van der Waals surface area contributed by atoms with Crippen LogP contribution in [-0.2, 0) is 4.79 Å². The molecule has 1 aromatic rings. The van der Waals surface area contributed by atoms with Gasteiger partial charge in [0.15, 0.2) is 0 Å². The monoisotopic (exact) mass is 376 g/mol. The predicted molar refractivity (Wildman–Crippen MR) is 103 cm³/mol. The molecule has 27 heavy (non-hydrogen) atoms. The van der Waals surface area contributed by atoms with Crippen molar-refractivity contribution in [1.82, 2.24) is 14.7 Å². The SMILES string of the molecule is CN(CCN1CCN(C(=O)c2ccc(F)cc2N)CC1)C(=O)C1CCCC1. The van der Waals surface area contributed by atoms with Gasteiger partial charge in [0.25, 0.3) is 5.91 Å². The second-order valence-corrected chi connectivity index (χ2v) is 7.61. The molecular weight excluding hydrogens is 347 g/mol. The molecule has 1 aliphatic carbocycles. The zero-order chi connectivity index (χ0) is 19.4. The second kappa shape index (κ2) is 8.69. The molecule has 0 aromatic heterocycles. The van der Waals surface area contributed by atoms with Crippen LogP contribution < -0.4 is 5.73 Å². The average molecular weight is 376 g/mol. The molecule has 0 atom stereocenters. The van der Waals surface area contributed by atoms with E-state index in [-0.39, 0.29) is 23.4 Å². The van der Waals surface area contributed by atoms with E-state index >= 15 is 0 Å². The number of nitrogen functional groups attached to an aromatic ring is 1. The lowest BCUT2D eigenvalue weighted by Gasteiger charge is -2.35. The summed E-state index contributed by atoms with van der Waals surface area (Å²) in [5.41, 5.74) is 6.31. The Balaban J connectivity index is 1.44. The molecule has 1 aromatic carbocycles. The highest BCUT2D eigenvalue weighted by molar-refractivity contribution is 5.99. The average Bonchev–Trinajstić information content (AvgIpc) is 3.20. The topological polar surface area (TPSA) is 69.9 Å². The van der Waals surface area contributed by atoms with Crippen LogP contribution in [0.3, 0.4) is 0 Å². The number of anilines is 1. The van der Waals surface area contributed by atoms with E-state index in [1.54, 1.807) is 4.90 Å². The lowest BCUT2D eigenvalue weighted by Crippen LogP contribution is -2.50. The van der Waals surface area contributed by atoms with Crippen LogP contribution in [0.5, 0.6) is 0 Å². The van der Waals surface area contributed by atoms with Gasteiger partial charge in [-0.15, -0.1) is 0 Å². The van der Waals surface area contributed by atoms with E-state index < -0.39 is 5.82 Å². The number of nitrogens with two attached hydrogens (primary N) is 1. The normalized spacial score (nSPS) is 18.7. The molecule has 1 saturated carbocycles. The van der Waals surface area contributed by atoms with Gasteiger partial charge in [-0.3, -0.25) is 14.5 Å². The molecule has 2 fully saturated rings. The number of benzene rings is 1. The summed E-state index contributed by atoms with van der Waals surface area (Å²) in [4.78, 5) is 30.9. The summed E-state index contributed by atoms with van der Waals surface area (Å²) in [6.07, 6.45) is 4.38. The van der Waals surface area contributed by atoms with Crippen LogP contribution in [0.1, 0.15) is 36.0 Å². The summed E-state index contributed by atoms with van der Waals surface area (Å²) in [6, 6.07) is 3.89. The summed E-state index contributed by atoms with van der Waals surface area (Å²) in [7, 11) is 1.89. The fraction of sp³-hybridized carbons (Fsp3) is 0.600. The van der Waals surface area contributed by atoms with Crippen molar-refractivity contribution in [2.75, 3.05) is 52.0 Å². The Morgan fingerprint density at radius 2 is 1.85 bits per heavy atom. The van der Waals surface area contributed by atoms with Gasteiger partial charge in [0, 0.05) is 57.9 Å². The number of nitrogens with zero attached hydrogens (tertiary/aromatic N) is 3. The predicted octanol–water partition coefficient (Wildman–Crippen LogP) is 1.81. The van der Waals surface area contributed by atoms with E-state index in [1.807, 2.05) is 11.9 Å². The van der Waals surface area contributed by atoms with Gasteiger partial charge in [0.05, 0.1) is 5.56 Å². The first-order chi connectivity index (χ1) is 13.0. The minimum atomic E-state index is -0.440. The molecule has 1 saturated heterocycles. The largest absolute Gasteiger partial charge is 0.398 e. The number of rotatable bonds is 5. The van der Waals surface area contributed by atoms with Gasteiger partial charge in [-0.25, -0.2) is 4.39 Å². The van der Waals surface area contributed by atoms with Crippen molar-refractivity contribution >= 4 is 17.5 Å². The number of piperazine rings is 1. The molecule has 3 rings (SSSR count). The van der Waals surface area contributed by atoms with E-state index in [1.165, 1.54) is 31.0 Å².